The van der Waals surface area contributed by atoms with Crippen molar-refractivity contribution in [2.24, 2.45) is 0 Å². The number of nitrogens with zero attached hydrogens (tertiary/aromatic N) is 2. The topological polar surface area (TPSA) is 75.8 Å². The number of ether oxygens (including phenoxy) is 1. The van der Waals surface area contributed by atoms with E-state index >= 15 is 0 Å². The quantitative estimate of drug-likeness (QED) is 0.681. The van der Waals surface area contributed by atoms with Crippen molar-refractivity contribution in [1.82, 2.24) is 0 Å². The number of nitro benzene ring substituents is 1. The summed E-state index contributed by atoms with van der Waals surface area (Å²) in [5.41, 5.74) is 0.503. The van der Waals surface area contributed by atoms with Gasteiger partial charge in [0.05, 0.1) is 30.3 Å². The zero-order valence-electron chi connectivity index (χ0n) is 11.2. The molecular formula is C13H17ClN2O4. The Kier molecular flexibility index (Phi) is 4.80. The Morgan fingerprint density at radius 2 is 2.40 bits per heavy atom. The van der Waals surface area contributed by atoms with E-state index in [2.05, 4.69) is 0 Å². The molecule has 0 unspecified atom stereocenters. The van der Waals surface area contributed by atoms with Gasteiger partial charge in [-0.1, -0.05) is 11.6 Å². The Bertz CT molecular complexity index is 495. The fraction of sp³-hybridized carbons (Fsp3) is 0.538. The summed E-state index contributed by atoms with van der Waals surface area (Å²) in [6.07, 6.45) is 0.00956. The highest BCUT2D eigenvalue weighted by Crippen LogP contribution is 2.33. The molecule has 1 aromatic rings. The Hall–Kier alpha value is -1.37. The van der Waals surface area contributed by atoms with E-state index in [-0.39, 0.29) is 11.7 Å². The maximum absolute atomic E-state index is 11.2. The number of hydrogen-bond donors (Lipinski definition) is 1. The molecule has 6 nitrogen and oxygen atoms in total. The third kappa shape index (κ3) is 3.39. The van der Waals surface area contributed by atoms with Gasteiger partial charge in [-0.3, -0.25) is 10.1 Å². The minimum Gasteiger partial charge on any atom is -0.393 e. The maximum Gasteiger partial charge on any atom is 0.294 e. The minimum absolute atomic E-state index is 0.0185. The van der Waals surface area contributed by atoms with Gasteiger partial charge in [0.1, 0.15) is 5.69 Å². The van der Waals surface area contributed by atoms with Gasteiger partial charge in [-0.15, -0.1) is 0 Å². The van der Waals surface area contributed by atoms with E-state index in [1.807, 2.05) is 4.90 Å². The summed E-state index contributed by atoms with van der Waals surface area (Å²) in [7, 11) is 0. The molecule has 1 aromatic carbocycles. The van der Waals surface area contributed by atoms with E-state index < -0.39 is 11.0 Å². The molecule has 2 rings (SSSR count). The highest BCUT2D eigenvalue weighted by atomic mass is 35.5. The molecule has 2 atom stereocenters. The first-order valence-corrected chi connectivity index (χ1v) is 6.83. The molecule has 0 saturated carbocycles. The monoisotopic (exact) mass is 300 g/mol. The second kappa shape index (κ2) is 6.39. The number of halogens is 1. The van der Waals surface area contributed by atoms with Crippen LogP contribution in [0.25, 0.3) is 0 Å². The van der Waals surface area contributed by atoms with Gasteiger partial charge in [-0.05, 0) is 25.5 Å². The van der Waals surface area contributed by atoms with Crippen molar-refractivity contribution in [1.29, 1.82) is 0 Å². The highest BCUT2D eigenvalue weighted by Gasteiger charge is 2.29. The van der Waals surface area contributed by atoms with E-state index in [1.54, 1.807) is 19.1 Å². The Morgan fingerprint density at radius 3 is 3.05 bits per heavy atom. The first kappa shape index (κ1) is 15.0. The Labute approximate surface area is 122 Å². The molecule has 0 aromatic heterocycles. The van der Waals surface area contributed by atoms with Gasteiger partial charge < -0.3 is 14.7 Å². The van der Waals surface area contributed by atoms with E-state index in [9.17, 15) is 15.2 Å². The maximum atomic E-state index is 11.2. The van der Waals surface area contributed by atoms with E-state index in [0.717, 1.165) is 0 Å². The number of hydrogen-bond acceptors (Lipinski definition) is 5. The number of morpholine rings is 1. The van der Waals surface area contributed by atoms with Crippen molar-refractivity contribution in [3.63, 3.8) is 0 Å². The SMILES string of the molecule is C[C@H](O)C[C@H]1COCCN1c1ccc(Cl)cc1[N+](=O)[O-]. The van der Waals surface area contributed by atoms with Crippen LogP contribution in [0.3, 0.4) is 0 Å². The fourth-order valence-electron chi connectivity index (χ4n) is 2.45. The molecule has 110 valence electrons. The summed E-state index contributed by atoms with van der Waals surface area (Å²) in [4.78, 5) is 12.7. The van der Waals surface area contributed by atoms with Crippen LogP contribution in [-0.2, 0) is 4.74 Å². The molecule has 20 heavy (non-hydrogen) atoms. The van der Waals surface area contributed by atoms with Gasteiger partial charge in [0, 0.05) is 17.6 Å². The third-order valence-electron chi connectivity index (χ3n) is 3.28. The average Bonchev–Trinajstić information content (AvgIpc) is 2.39. The molecule has 0 spiro atoms. The van der Waals surface area contributed by atoms with Gasteiger partial charge >= 0.3 is 0 Å². The lowest BCUT2D eigenvalue weighted by molar-refractivity contribution is -0.384. The van der Waals surface area contributed by atoms with Gasteiger partial charge in [0.15, 0.2) is 0 Å². The smallest absolute Gasteiger partial charge is 0.294 e. The number of rotatable bonds is 4. The number of aliphatic hydroxyl groups excluding tert-OH is 1. The highest BCUT2D eigenvalue weighted by molar-refractivity contribution is 6.30. The van der Waals surface area contributed by atoms with Crippen molar-refractivity contribution in [2.45, 2.75) is 25.5 Å². The first-order chi connectivity index (χ1) is 9.49. The van der Waals surface area contributed by atoms with E-state index in [1.165, 1.54) is 6.07 Å². The van der Waals surface area contributed by atoms with Crippen LogP contribution in [0.2, 0.25) is 5.02 Å². The second-order valence-electron chi connectivity index (χ2n) is 4.90. The zero-order chi connectivity index (χ0) is 14.7. The summed E-state index contributed by atoms with van der Waals surface area (Å²) in [5.74, 6) is 0. The van der Waals surface area contributed by atoms with Crippen LogP contribution >= 0.6 is 11.6 Å². The summed E-state index contributed by atoms with van der Waals surface area (Å²) in [5, 5.41) is 21.1. The zero-order valence-corrected chi connectivity index (χ0v) is 11.9. The lowest BCUT2D eigenvalue weighted by atomic mass is 10.1. The lowest BCUT2D eigenvalue weighted by Gasteiger charge is -2.37. The van der Waals surface area contributed by atoms with Crippen LogP contribution in [0.15, 0.2) is 18.2 Å². The van der Waals surface area contributed by atoms with E-state index in [0.29, 0.717) is 36.9 Å². The Balaban J connectivity index is 2.34. The number of nitro groups is 1. The predicted octanol–water partition coefficient (Wildman–Crippen LogP) is 2.22. The van der Waals surface area contributed by atoms with Crippen LogP contribution in [0.4, 0.5) is 11.4 Å². The molecule has 1 aliphatic rings. The molecule has 1 aliphatic heterocycles. The van der Waals surface area contributed by atoms with Crippen LogP contribution in [0.5, 0.6) is 0 Å². The molecule has 0 radical (unpaired) electrons. The molecule has 0 aliphatic carbocycles. The molecular weight excluding hydrogens is 284 g/mol. The first-order valence-electron chi connectivity index (χ1n) is 6.45. The predicted molar refractivity (Wildman–Crippen MR) is 76.4 cm³/mol. The van der Waals surface area contributed by atoms with Gasteiger partial charge in [-0.25, -0.2) is 0 Å². The lowest BCUT2D eigenvalue weighted by Crippen LogP contribution is -2.47. The number of benzene rings is 1. The molecule has 1 heterocycles. The summed E-state index contributed by atoms with van der Waals surface area (Å²) < 4.78 is 5.41. The summed E-state index contributed by atoms with van der Waals surface area (Å²) in [6, 6.07) is 4.56. The Morgan fingerprint density at radius 1 is 1.65 bits per heavy atom. The van der Waals surface area contributed by atoms with Crippen molar-refractivity contribution in [3.8, 4) is 0 Å². The van der Waals surface area contributed by atoms with Gasteiger partial charge in [-0.2, -0.15) is 0 Å². The molecule has 1 N–H and O–H groups in total. The normalized spacial score (nSPS) is 20.8. The van der Waals surface area contributed by atoms with Crippen molar-refractivity contribution in [3.05, 3.63) is 33.3 Å². The number of anilines is 1. The summed E-state index contributed by atoms with van der Waals surface area (Å²) in [6.45, 7) is 3.21. The third-order valence-corrected chi connectivity index (χ3v) is 3.52. The van der Waals surface area contributed by atoms with Crippen molar-refractivity contribution in [2.75, 3.05) is 24.7 Å². The number of aliphatic hydroxyl groups is 1. The van der Waals surface area contributed by atoms with Crippen molar-refractivity contribution < 1.29 is 14.8 Å². The van der Waals surface area contributed by atoms with Crippen molar-refractivity contribution >= 4 is 23.0 Å². The molecule has 0 bridgehead atoms. The summed E-state index contributed by atoms with van der Waals surface area (Å²) >= 11 is 5.83. The molecule has 1 saturated heterocycles. The second-order valence-corrected chi connectivity index (χ2v) is 5.33. The van der Waals surface area contributed by atoms with Crippen LogP contribution in [0.1, 0.15) is 13.3 Å². The van der Waals surface area contributed by atoms with E-state index in [4.69, 9.17) is 16.3 Å². The molecule has 7 heteroatoms. The largest absolute Gasteiger partial charge is 0.393 e. The fourth-order valence-corrected chi connectivity index (χ4v) is 2.61. The molecule has 1 fully saturated rings. The van der Waals surface area contributed by atoms with Gasteiger partial charge in [0.25, 0.3) is 5.69 Å². The molecule has 0 amide bonds. The van der Waals surface area contributed by atoms with Crippen LogP contribution in [0, 0.1) is 10.1 Å². The minimum atomic E-state index is -0.490. The van der Waals surface area contributed by atoms with Crippen LogP contribution in [-0.4, -0.2) is 41.9 Å². The van der Waals surface area contributed by atoms with Gasteiger partial charge in [0.2, 0.25) is 0 Å². The standard InChI is InChI=1S/C13H17ClN2O4/c1-9(17)6-11-8-20-5-4-15(11)12-3-2-10(14)7-13(12)16(18)19/h2-3,7,9,11,17H,4-6,8H2,1H3/t9-,11-/m0/s1. The average molecular weight is 301 g/mol. The van der Waals surface area contributed by atoms with Crippen LogP contribution < -0.4 is 4.90 Å².